The molecule has 0 saturated heterocycles. The van der Waals surface area contributed by atoms with Crippen molar-refractivity contribution >= 4 is 35.6 Å². The molecule has 0 unspecified atom stereocenters. The van der Waals surface area contributed by atoms with E-state index < -0.39 is 24.4 Å². The summed E-state index contributed by atoms with van der Waals surface area (Å²) in [6, 6.07) is 10.6. The number of methoxy groups -OCH3 is 4. The van der Waals surface area contributed by atoms with Crippen LogP contribution in [0.15, 0.2) is 53.1 Å². The lowest BCUT2D eigenvalue weighted by Gasteiger charge is -2.15. The molecule has 1 aromatic heterocycles. The van der Waals surface area contributed by atoms with Crippen LogP contribution in [0.2, 0.25) is 0 Å². The van der Waals surface area contributed by atoms with E-state index in [1.807, 2.05) is 0 Å². The highest BCUT2D eigenvalue weighted by Crippen LogP contribution is 2.34. The number of furan rings is 1. The van der Waals surface area contributed by atoms with E-state index in [2.05, 4.69) is 10.6 Å². The van der Waals surface area contributed by atoms with Crippen LogP contribution in [0.25, 0.3) is 0 Å². The third kappa shape index (κ3) is 8.68. The van der Waals surface area contributed by atoms with Crippen LogP contribution in [0.5, 0.6) is 23.0 Å². The summed E-state index contributed by atoms with van der Waals surface area (Å²) in [6.45, 7) is -0.590. The van der Waals surface area contributed by atoms with Gasteiger partial charge in [-0.25, -0.2) is 4.79 Å². The smallest absolute Gasteiger partial charge is 0.340 e. The number of hydrogen-bond acceptors (Lipinski definition) is 10. The lowest BCUT2D eigenvalue weighted by atomic mass is 10.1. The molecular weight excluding hydrogens is 526 g/mol. The van der Waals surface area contributed by atoms with Crippen LogP contribution in [-0.2, 0) is 14.3 Å². The third-order valence-electron chi connectivity index (χ3n) is 4.95. The van der Waals surface area contributed by atoms with E-state index in [9.17, 15) is 19.2 Å². The van der Waals surface area contributed by atoms with Gasteiger partial charge in [-0.2, -0.15) is 0 Å². The van der Waals surface area contributed by atoms with Crippen molar-refractivity contribution in [1.29, 1.82) is 0 Å². The second kappa shape index (κ2) is 15.3. The summed E-state index contributed by atoms with van der Waals surface area (Å²) >= 11 is 0. The van der Waals surface area contributed by atoms with Gasteiger partial charge in [-0.1, -0.05) is 0 Å². The molecule has 40 heavy (non-hydrogen) atoms. The Labute approximate surface area is 230 Å². The molecule has 2 N–H and O–H groups in total. The van der Waals surface area contributed by atoms with Crippen LogP contribution in [0, 0.1) is 0 Å². The molecule has 1 heterocycles. The van der Waals surface area contributed by atoms with E-state index in [-0.39, 0.29) is 28.5 Å². The lowest BCUT2D eigenvalue weighted by molar-refractivity contribution is -0.119. The molecule has 0 aliphatic rings. The Morgan fingerprint density at radius 1 is 0.850 bits per heavy atom. The fourth-order valence-electron chi connectivity index (χ4n) is 3.06. The predicted molar refractivity (Wildman–Crippen MR) is 144 cm³/mol. The molecular formula is C27H31N3O10. The van der Waals surface area contributed by atoms with Crippen molar-refractivity contribution in [3.63, 3.8) is 0 Å². The minimum atomic E-state index is -0.872. The van der Waals surface area contributed by atoms with E-state index in [4.69, 9.17) is 28.1 Å². The van der Waals surface area contributed by atoms with Gasteiger partial charge in [0.2, 0.25) is 6.41 Å². The first-order chi connectivity index (χ1) is 19.2. The molecule has 214 valence electrons. The number of rotatable bonds is 11. The topological polar surface area (TPSA) is 155 Å². The first-order valence-corrected chi connectivity index (χ1v) is 11.6. The monoisotopic (exact) mass is 557 g/mol. The summed E-state index contributed by atoms with van der Waals surface area (Å²) in [4.78, 5) is 48.5. The van der Waals surface area contributed by atoms with Gasteiger partial charge in [-0.05, 0) is 24.3 Å². The van der Waals surface area contributed by atoms with Crippen molar-refractivity contribution in [2.24, 2.45) is 0 Å². The zero-order valence-electron chi connectivity index (χ0n) is 22.9. The van der Waals surface area contributed by atoms with Crippen LogP contribution in [0.1, 0.15) is 20.9 Å². The molecule has 0 aliphatic heterocycles. The SMILES string of the molecule is CN(C)C=O.COc1ccc(NC(=O)COC(=O)c2cc(OC)c(OC)cc2NC(=O)c2ccco2)cc1OC. The Bertz CT molecular complexity index is 1310. The molecule has 0 atom stereocenters. The van der Waals surface area contributed by atoms with Crippen molar-refractivity contribution in [2.75, 3.05) is 59.8 Å². The van der Waals surface area contributed by atoms with Crippen molar-refractivity contribution in [3.8, 4) is 23.0 Å². The molecule has 2 aromatic carbocycles. The molecule has 0 spiro atoms. The number of esters is 1. The van der Waals surface area contributed by atoms with Crippen molar-refractivity contribution in [3.05, 3.63) is 60.1 Å². The highest BCUT2D eigenvalue weighted by atomic mass is 16.5. The van der Waals surface area contributed by atoms with Gasteiger partial charge in [0.1, 0.15) is 0 Å². The van der Waals surface area contributed by atoms with E-state index in [1.165, 1.54) is 57.8 Å². The number of nitrogens with one attached hydrogen (secondary N) is 2. The van der Waals surface area contributed by atoms with Crippen molar-refractivity contribution in [2.45, 2.75) is 0 Å². The first kappa shape index (κ1) is 31.0. The van der Waals surface area contributed by atoms with E-state index >= 15 is 0 Å². The fraction of sp³-hybridized carbons (Fsp3) is 0.259. The van der Waals surface area contributed by atoms with E-state index in [1.54, 1.807) is 38.4 Å². The Balaban J connectivity index is 0.00000103. The Morgan fingerprint density at radius 3 is 2.00 bits per heavy atom. The zero-order valence-corrected chi connectivity index (χ0v) is 22.9. The van der Waals surface area contributed by atoms with Crippen molar-refractivity contribution < 1.29 is 47.3 Å². The predicted octanol–water partition coefficient (Wildman–Crippen LogP) is 3.07. The van der Waals surface area contributed by atoms with Crippen molar-refractivity contribution in [1.82, 2.24) is 4.90 Å². The van der Waals surface area contributed by atoms with Gasteiger partial charge in [0.05, 0.1) is 46.0 Å². The zero-order chi connectivity index (χ0) is 29.7. The minimum Gasteiger partial charge on any atom is -0.493 e. The molecule has 0 aliphatic carbocycles. The summed E-state index contributed by atoms with van der Waals surface area (Å²) in [6.07, 6.45) is 2.09. The number of nitrogens with zero attached hydrogens (tertiary/aromatic N) is 1. The first-order valence-electron chi connectivity index (χ1n) is 11.6. The fourth-order valence-corrected chi connectivity index (χ4v) is 3.06. The van der Waals surface area contributed by atoms with Gasteiger partial charge in [0.25, 0.3) is 11.8 Å². The number of benzene rings is 2. The average molecular weight is 558 g/mol. The number of amides is 3. The maximum Gasteiger partial charge on any atom is 0.340 e. The second-order valence-electron chi connectivity index (χ2n) is 7.95. The van der Waals surface area contributed by atoms with Crippen LogP contribution < -0.4 is 29.6 Å². The van der Waals surface area contributed by atoms with E-state index in [0.717, 1.165) is 6.41 Å². The van der Waals surface area contributed by atoms with Crippen LogP contribution in [0.4, 0.5) is 11.4 Å². The van der Waals surface area contributed by atoms with Crippen LogP contribution in [-0.4, -0.2) is 78.2 Å². The van der Waals surface area contributed by atoms with Gasteiger partial charge in [-0.15, -0.1) is 0 Å². The summed E-state index contributed by atoms with van der Waals surface area (Å²) in [5.41, 5.74) is 0.442. The number of anilines is 2. The molecule has 0 saturated carbocycles. The lowest BCUT2D eigenvalue weighted by Crippen LogP contribution is -2.22. The molecule has 13 nitrogen and oxygen atoms in total. The summed E-state index contributed by atoms with van der Waals surface area (Å²) < 4.78 is 31.1. The Morgan fingerprint density at radius 2 is 1.45 bits per heavy atom. The quantitative estimate of drug-likeness (QED) is 0.265. The number of carbonyl (C=O) groups is 4. The molecule has 0 bridgehead atoms. The largest absolute Gasteiger partial charge is 0.493 e. The molecule has 3 amide bonds. The number of carbonyl (C=O) groups excluding carboxylic acids is 4. The third-order valence-corrected chi connectivity index (χ3v) is 4.95. The van der Waals surface area contributed by atoms with Gasteiger partial charge < -0.3 is 43.6 Å². The van der Waals surface area contributed by atoms with Crippen LogP contribution >= 0.6 is 0 Å². The minimum absolute atomic E-state index is 0.0356. The molecule has 13 heteroatoms. The Kier molecular flexibility index (Phi) is 11.8. The highest BCUT2D eigenvalue weighted by Gasteiger charge is 2.22. The van der Waals surface area contributed by atoms with Crippen LogP contribution in [0.3, 0.4) is 0 Å². The van der Waals surface area contributed by atoms with Gasteiger partial charge in [0, 0.05) is 38.0 Å². The van der Waals surface area contributed by atoms with Gasteiger partial charge in [0.15, 0.2) is 35.4 Å². The molecule has 0 radical (unpaired) electrons. The van der Waals surface area contributed by atoms with Gasteiger partial charge >= 0.3 is 5.97 Å². The number of ether oxygens (including phenoxy) is 5. The summed E-state index contributed by atoms with van der Waals surface area (Å²) in [7, 11) is 9.14. The molecule has 3 aromatic rings. The van der Waals surface area contributed by atoms with E-state index in [0.29, 0.717) is 17.2 Å². The normalized spacial score (nSPS) is 9.75. The maximum absolute atomic E-state index is 12.8. The second-order valence-corrected chi connectivity index (χ2v) is 7.95. The molecule has 0 fully saturated rings. The summed E-state index contributed by atoms with van der Waals surface area (Å²) in [5.74, 6) is -0.611. The highest BCUT2D eigenvalue weighted by molar-refractivity contribution is 6.07. The Hall–Kier alpha value is -5.20. The standard InChI is InChI=1S/C24H24N2O9.C3H7NO/c1-30-17-8-7-14(10-19(17)31-2)25-22(27)13-35-24(29)15-11-20(32-3)21(33-4)12-16(15)26-23(28)18-6-5-9-34-18;1-4(2)3-5/h5-12H,13H2,1-4H3,(H,25,27)(H,26,28);3H,1-2H3. The molecule has 3 rings (SSSR count). The number of hydrogen-bond donors (Lipinski definition) is 2. The maximum atomic E-state index is 12.8. The summed E-state index contributed by atoms with van der Waals surface area (Å²) in [5, 5.41) is 5.18. The van der Waals surface area contributed by atoms with Gasteiger partial charge in [-0.3, -0.25) is 14.4 Å². The average Bonchev–Trinajstić information content (AvgIpc) is 3.51.